The first-order valence-electron chi connectivity index (χ1n) is 4.72. The van der Waals surface area contributed by atoms with Gasteiger partial charge in [-0.25, -0.2) is 0 Å². The molecule has 0 aliphatic carbocycles. The highest BCUT2D eigenvalue weighted by Crippen LogP contribution is 2.15. The molecule has 1 saturated heterocycles. The third kappa shape index (κ3) is 1.54. The van der Waals surface area contributed by atoms with Crippen molar-refractivity contribution in [3.8, 4) is 0 Å². The Hall–Kier alpha value is -1.03. The van der Waals surface area contributed by atoms with Gasteiger partial charge in [0.15, 0.2) is 5.78 Å². The van der Waals surface area contributed by atoms with Crippen molar-refractivity contribution < 1.29 is 4.79 Å². The molecule has 72 valence electrons. The molecule has 0 aromatic carbocycles. The van der Waals surface area contributed by atoms with E-state index in [1.807, 2.05) is 6.92 Å². The predicted octanol–water partition coefficient (Wildman–Crippen LogP) is -0.705. The zero-order valence-corrected chi connectivity index (χ0v) is 7.89. The third-order valence-corrected chi connectivity index (χ3v) is 2.57. The number of hydrogen-bond acceptors (Lipinski definition) is 4. The van der Waals surface area contributed by atoms with E-state index in [1.54, 1.807) is 0 Å². The molecule has 2 aliphatic heterocycles. The number of nitrogens with zero attached hydrogens (tertiary/aromatic N) is 1. The molecular weight excluding hydrogens is 166 g/mol. The summed E-state index contributed by atoms with van der Waals surface area (Å²) in [5.74, 6) is 0.236. The summed E-state index contributed by atoms with van der Waals surface area (Å²) in [6.07, 6.45) is 0. The maximum absolute atomic E-state index is 11.5. The van der Waals surface area contributed by atoms with Gasteiger partial charge in [-0.15, -0.1) is 0 Å². The zero-order valence-electron chi connectivity index (χ0n) is 7.89. The van der Waals surface area contributed by atoms with Gasteiger partial charge < -0.3 is 15.5 Å². The standard InChI is InChI=1S/C9H15N3O/c1-7-9(8(13)6-11-7)12-4-2-10-3-5-12/h10-11H,2-6H2,1H3. The number of allylic oxidation sites excluding steroid dienone is 1. The minimum absolute atomic E-state index is 0.236. The van der Waals surface area contributed by atoms with E-state index >= 15 is 0 Å². The molecule has 2 N–H and O–H groups in total. The second-order valence-electron chi connectivity index (χ2n) is 3.49. The molecule has 0 atom stereocenters. The lowest BCUT2D eigenvalue weighted by atomic mass is 10.2. The summed E-state index contributed by atoms with van der Waals surface area (Å²) in [5.41, 5.74) is 1.94. The van der Waals surface area contributed by atoms with E-state index in [2.05, 4.69) is 15.5 Å². The van der Waals surface area contributed by atoms with Crippen LogP contribution in [-0.2, 0) is 4.79 Å². The fourth-order valence-electron chi connectivity index (χ4n) is 1.89. The fraction of sp³-hybridized carbons (Fsp3) is 0.667. The lowest BCUT2D eigenvalue weighted by Crippen LogP contribution is -2.44. The summed E-state index contributed by atoms with van der Waals surface area (Å²) in [6, 6.07) is 0. The molecule has 0 spiro atoms. The molecule has 2 heterocycles. The van der Waals surface area contributed by atoms with Crippen LogP contribution in [0.1, 0.15) is 6.92 Å². The van der Waals surface area contributed by atoms with Gasteiger partial charge in [-0.2, -0.15) is 0 Å². The maximum Gasteiger partial charge on any atom is 0.199 e. The van der Waals surface area contributed by atoms with E-state index in [-0.39, 0.29) is 5.78 Å². The topological polar surface area (TPSA) is 44.4 Å². The smallest absolute Gasteiger partial charge is 0.199 e. The molecule has 0 amide bonds. The van der Waals surface area contributed by atoms with Crippen molar-refractivity contribution in [1.29, 1.82) is 0 Å². The average molecular weight is 181 g/mol. The number of ketones is 1. The van der Waals surface area contributed by atoms with Gasteiger partial charge in [-0.1, -0.05) is 0 Å². The highest BCUT2D eigenvalue weighted by Gasteiger charge is 2.25. The summed E-state index contributed by atoms with van der Waals surface area (Å²) < 4.78 is 0. The normalized spacial score (nSPS) is 23.8. The molecule has 0 unspecified atom stereocenters. The maximum atomic E-state index is 11.5. The van der Waals surface area contributed by atoms with Crippen molar-refractivity contribution in [2.24, 2.45) is 0 Å². The molecule has 0 radical (unpaired) electrons. The Bertz CT molecular complexity index is 254. The molecule has 2 aliphatic rings. The van der Waals surface area contributed by atoms with E-state index in [0.29, 0.717) is 6.54 Å². The van der Waals surface area contributed by atoms with Crippen molar-refractivity contribution >= 4 is 5.78 Å². The Morgan fingerprint density at radius 1 is 1.31 bits per heavy atom. The largest absolute Gasteiger partial charge is 0.379 e. The number of carbonyl (C=O) groups is 1. The van der Waals surface area contributed by atoms with E-state index in [1.165, 1.54) is 0 Å². The van der Waals surface area contributed by atoms with E-state index in [4.69, 9.17) is 0 Å². The van der Waals surface area contributed by atoms with Gasteiger partial charge in [0.05, 0.1) is 6.54 Å². The molecule has 0 saturated carbocycles. The van der Waals surface area contributed by atoms with Crippen molar-refractivity contribution in [2.45, 2.75) is 6.92 Å². The first kappa shape index (κ1) is 8.56. The van der Waals surface area contributed by atoms with E-state index in [9.17, 15) is 4.79 Å². The third-order valence-electron chi connectivity index (χ3n) is 2.57. The van der Waals surface area contributed by atoms with Crippen molar-refractivity contribution in [3.63, 3.8) is 0 Å². The van der Waals surface area contributed by atoms with Crippen LogP contribution in [-0.4, -0.2) is 43.4 Å². The van der Waals surface area contributed by atoms with Crippen molar-refractivity contribution in [2.75, 3.05) is 32.7 Å². The number of nitrogens with one attached hydrogen (secondary N) is 2. The predicted molar refractivity (Wildman–Crippen MR) is 50.2 cm³/mol. The van der Waals surface area contributed by atoms with Crippen LogP contribution in [0, 0.1) is 0 Å². The summed E-state index contributed by atoms with van der Waals surface area (Å²) in [7, 11) is 0. The van der Waals surface area contributed by atoms with Gasteiger partial charge in [0.25, 0.3) is 0 Å². The molecule has 0 aromatic heterocycles. The molecular formula is C9H15N3O. The molecule has 1 fully saturated rings. The van der Waals surface area contributed by atoms with Crippen LogP contribution in [0.2, 0.25) is 0 Å². The Kier molecular flexibility index (Phi) is 2.22. The van der Waals surface area contributed by atoms with Crippen LogP contribution in [0.25, 0.3) is 0 Å². The Labute approximate surface area is 78.0 Å². The Morgan fingerprint density at radius 3 is 2.54 bits per heavy atom. The lowest BCUT2D eigenvalue weighted by molar-refractivity contribution is -0.115. The summed E-state index contributed by atoms with van der Waals surface area (Å²) in [5, 5.41) is 6.36. The SMILES string of the molecule is CC1=C(N2CCNCC2)C(=O)CN1. The molecule has 13 heavy (non-hydrogen) atoms. The number of rotatable bonds is 1. The zero-order chi connectivity index (χ0) is 9.26. The fourth-order valence-corrected chi connectivity index (χ4v) is 1.89. The van der Waals surface area contributed by atoms with E-state index < -0.39 is 0 Å². The van der Waals surface area contributed by atoms with Crippen LogP contribution >= 0.6 is 0 Å². The van der Waals surface area contributed by atoms with Crippen molar-refractivity contribution in [3.05, 3.63) is 11.4 Å². The minimum Gasteiger partial charge on any atom is -0.379 e. The quantitative estimate of drug-likeness (QED) is 0.561. The molecule has 2 rings (SSSR count). The number of Topliss-reactive ketones (excluding diaryl/α,β-unsaturated/α-hetero) is 1. The number of hydrogen-bond donors (Lipinski definition) is 2. The highest BCUT2D eigenvalue weighted by molar-refractivity contribution is 5.99. The Balaban J connectivity index is 2.13. The molecule has 4 nitrogen and oxygen atoms in total. The number of piperazine rings is 1. The van der Waals surface area contributed by atoms with Crippen LogP contribution < -0.4 is 10.6 Å². The van der Waals surface area contributed by atoms with Gasteiger partial charge in [-0.05, 0) is 6.92 Å². The van der Waals surface area contributed by atoms with Crippen LogP contribution in [0.15, 0.2) is 11.4 Å². The molecule has 0 aromatic rings. The second-order valence-corrected chi connectivity index (χ2v) is 3.49. The molecule has 4 heteroatoms. The summed E-state index contributed by atoms with van der Waals surface area (Å²) in [4.78, 5) is 13.7. The van der Waals surface area contributed by atoms with Crippen LogP contribution in [0.3, 0.4) is 0 Å². The highest BCUT2D eigenvalue weighted by atomic mass is 16.1. The summed E-state index contributed by atoms with van der Waals surface area (Å²) in [6.45, 7) is 6.29. The second kappa shape index (κ2) is 3.38. The summed E-state index contributed by atoms with van der Waals surface area (Å²) >= 11 is 0. The van der Waals surface area contributed by atoms with Gasteiger partial charge in [-0.3, -0.25) is 4.79 Å². The minimum atomic E-state index is 0.236. The molecule has 0 bridgehead atoms. The first-order chi connectivity index (χ1) is 6.29. The van der Waals surface area contributed by atoms with Gasteiger partial charge >= 0.3 is 0 Å². The average Bonchev–Trinajstić information content (AvgIpc) is 2.48. The van der Waals surface area contributed by atoms with Gasteiger partial charge in [0.2, 0.25) is 0 Å². The van der Waals surface area contributed by atoms with Crippen molar-refractivity contribution in [1.82, 2.24) is 15.5 Å². The van der Waals surface area contributed by atoms with E-state index in [0.717, 1.165) is 37.6 Å². The Morgan fingerprint density at radius 2 is 2.00 bits per heavy atom. The van der Waals surface area contributed by atoms with Gasteiger partial charge in [0.1, 0.15) is 5.70 Å². The first-order valence-corrected chi connectivity index (χ1v) is 4.72. The number of carbonyl (C=O) groups excluding carboxylic acids is 1. The van der Waals surface area contributed by atoms with Crippen LogP contribution in [0.5, 0.6) is 0 Å². The van der Waals surface area contributed by atoms with Crippen LogP contribution in [0.4, 0.5) is 0 Å². The van der Waals surface area contributed by atoms with Gasteiger partial charge in [0, 0.05) is 31.9 Å². The lowest BCUT2D eigenvalue weighted by Gasteiger charge is -2.29. The monoisotopic (exact) mass is 181 g/mol.